The summed E-state index contributed by atoms with van der Waals surface area (Å²) in [6.07, 6.45) is 0.983. The molecular formula is C25H16ClF3O2. The molecule has 31 heavy (non-hydrogen) atoms. The van der Waals surface area contributed by atoms with E-state index in [4.69, 9.17) is 11.6 Å². The number of hydrogen-bond acceptors (Lipinski definition) is 2. The van der Waals surface area contributed by atoms with Gasteiger partial charge < -0.3 is 0 Å². The number of benzene rings is 3. The van der Waals surface area contributed by atoms with Crippen molar-refractivity contribution in [3.63, 3.8) is 0 Å². The van der Waals surface area contributed by atoms with Gasteiger partial charge >= 0.3 is 6.18 Å². The predicted molar refractivity (Wildman–Crippen MR) is 116 cm³/mol. The van der Waals surface area contributed by atoms with E-state index in [1.165, 1.54) is 24.3 Å². The molecule has 0 aliphatic rings. The molecule has 0 N–H and O–H groups in total. The zero-order valence-corrected chi connectivity index (χ0v) is 16.8. The van der Waals surface area contributed by atoms with Crippen molar-refractivity contribution in [3.05, 3.63) is 118 Å². The van der Waals surface area contributed by atoms with E-state index >= 15 is 0 Å². The molecule has 6 heteroatoms. The van der Waals surface area contributed by atoms with Gasteiger partial charge in [0.1, 0.15) is 0 Å². The van der Waals surface area contributed by atoms with Gasteiger partial charge in [0.15, 0.2) is 11.6 Å². The summed E-state index contributed by atoms with van der Waals surface area (Å²) in [4.78, 5) is 24.5. The fourth-order valence-electron chi connectivity index (χ4n) is 2.85. The molecule has 3 rings (SSSR count). The zero-order chi connectivity index (χ0) is 22.4. The average molecular weight is 441 g/mol. The van der Waals surface area contributed by atoms with Crippen LogP contribution in [0.2, 0.25) is 5.02 Å². The summed E-state index contributed by atoms with van der Waals surface area (Å²) in [5.74, 6) is -0.967. The molecular weight excluding hydrogens is 425 g/mol. The minimum Gasteiger partial charge on any atom is -0.289 e. The molecule has 0 aromatic heterocycles. The van der Waals surface area contributed by atoms with Crippen molar-refractivity contribution in [3.8, 4) is 0 Å². The van der Waals surface area contributed by atoms with Gasteiger partial charge in [0.25, 0.3) is 0 Å². The standard InChI is InChI=1S/C25H16ClF3O2/c26-22-8-4-2-6-20(22)24(31)16-14-18-11-9-17(10-12-18)13-15-23(30)19-5-1-3-7-21(19)25(27,28)29/h1-16H/b15-13+,16-14+. The van der Waals surface area contributed by atoms with Gasteiger partial charge in [-0.1, -0.05) is 78.4 Å². The SMILES string of the molecule is O=C(/C=C/c1ccc(/C=C/C(=O)c2ccccc2C(F)(F)F)cc1)c1ccccc1Cl. The van der Waals surface area contributed by atoms with Gasteiger partial charge in [-0.2, -0.15) is 13.2 Å². The highest BCUT2D eigenvalue weighted by atomic mass is 35.5. The van der Waals surface area contributed by atoms with Crippen LogP contribution in [0.1, 0.15) is 37.4 Å². The number of carbonyl (C=O) groups excluding carboxylic acids is 2. The van der Waals surface area contributed by atoms with Crippen molar-refractivity contribution in [2.24, 2.45) is 0 Å². The molecule has 0 spiro atoms. The smallest absolute Gasteiger partial charge is 0.289 e. The Morgan fingerprint density at radius 3 is 1.65 bits per heavy atom. The molecule has 0 bridgehead atoms. The highest BCUT2D eigenvalue weighted by Crippen LogP contribution is 2.32. The second-order valence-electron chi connectivity index (χ2n) is 6.59. The number of alkyl halides is 3. The normalized spacial score (nSPS) is 11.9. The number of ketones is 2. The number of allylic oxidation sites excluding steroid dienone is 2. The Hall–Kier alpha value is -3.44. The largest absolute Gasteiger partial charge is 0.417 e. The number of halogens is 4. The molecule has 0 atom stereocenters. The Labute approximate surface area is 182 Å². The van der Waals surface area contributed by atoms with E-state index < -0.39 is 23.1 Å². The van der Waals surface area contributed by atoms with Crippen LogP contribution in [-0.4, -0.2) is 11.6 Å². The lowest BCUT2D eigenvalue weighted by molar-refractivity contribution is -0.137. The van der Waals surface area contributed by atoms with E-state index in [9.17, 15) is 22.8 Å². The first-order valence-electron chi connectivity index (χ1n) is 9.21. The quantitative estimate of drug-likeness (QED) is 0.301. The third-order valence-corrected chi connectivity index (χ3v) is 4.76. The topological polar surface area (TPSA) is 34.1 Å². The Morgan fingerprint density at radius 2 is 1.13 bits per heavy atom. The first kappa shape index (κ1) is 22.2. The van der Waals surface area contributed by atoms with Gasteiger partial charge in [0, 0.05) is 11.1 Å². The molecule has 0 fully saturated rings. The maximum absolute atomic E-state index is 13.1. The molecule has 0 aliphatic carbocycles. The van der Waals surface area contributed by atoms with Crippen LogP contribution >= 0.6 is 11.6 Å². The fraction of sp³-hybridized carbons (Fsp3) is 0.0400. The molecule has 0 amide bonds. The summed E-state index contributed by atoms with van der Waals surface area (Å²) >= 11 is 6.01. The van der Waals surface area contributed by atoms with Gasteiger partial charge in [-0.15, -0.1) is 0 Å². The van der Waals surface area contributed by atoms with Crippen LogP contribution in [0.25, 0.3) is 12.2 Å². The van der Waals surface area contributed by atoms with Gasteiger partial charge in [-0.05, 0) is 41.5 Å². The summed E-state index contributed by atoms with van der Waals surface area (Å²) in [5.41, 5.74) is 0.411. The van der Waals surface area contributed by atoms with Crippen LogP contribution in [0.3, 0.4) is 0 Å². The van der Waals surface area contributed by atoms with E-state index in [0.29, 0.717) is 16.1 Å². The number of rotatable bonds is 6. The van der Waals surface area contributed by atoms with Crippen molar-refractivity contribution in [1.29, 1.82) is 0 Å². The predicted octanol–water partition coefficient (Wildman–Crippen LogP) is 7.15. The summed E-state index contributed by atoms with van der Waals surface area (Å²) in [7, 11) is 0. The maximum atomic E-state index is 13.1. The van der Waals surface area contributed by atoms with Crippen molar-refractivity contribution in [2.75, 3.05) is 0 Å². The zero-order valence-electron chi connectivity index (χ0n) is 16.1. The molecule has 0 heterocycles. The Bertz CT molecular complexity index is 1160. The minimum absolute atomic E-state index is 0.233. The van der Waals surface area contributed by atoms with Crippen LogP contribution < -0.4 is 0 Å². The summed E-state index contributed by atoms with van der Waals surface area (Å²) in [6, 6.07) is 18.2. The average Bonchev–Trinajstić information content (AvgIpc) is 2.76. The summed E-state index contributed by atoms with van der Waals surface area (Å²) < 4.78 is 39.2. The lowest BCUT2D eigenvalue weighted by atomic mass is 10.0. The van der Waals surface area contributed by atoms with Crippen molar-refractivity contribution < 1.29 is 22.8 Å². The first-order chi connectivity index (χ1) is 14.8. The van der Waals surface area contributed by atoms with E-state index in [1.54, 1.807) is 54.6 Å². The van der Waals surface area contributed by atoms with Crippen molar-refractivity contribution in [1.82, 2.24) is 0 Å². The minimum atomic E-state index is -4.60. The van der Waals surface area contributed by atoms with Crippen molar-refractivity contribution >= 4 is 35.3 Å². The molecule has 156 valence electrons. The molecule has 3 aromatic rings. The second kappa shape index (κ2) is 9.58. The molecule has 2 nitrogen and oxygen atoms in total. The van der Waals surface area contributed by atoms with E-state index in [2.05, 4.69) is 0 Å². The lowest BCUT2D eigenvalue weighted by Gasteiger charge is -2.10. The molecule has 3 aromatic carbocycles. The third-order valence-electron chi connectivity index (χ3n) is 4.43. The third kappa shape index (κ3) is 5.80. The van der Waals surface area contributed by atoms with Crippen LogP contribution in [0.5, 0.6) is 0 Å². The molecule has 0 saturated carbocycles. The highest BCUT2D eigenvalue weighted by molar-refractivity contribution is 6.34. The van der Waals surface area contributed by atoms with Gasteiger partial charge in [0.2, 0.25) is 0 Å². The first-order valence-corrected chi connectivity index (χ1v) is 9.59. The summed E-state index contributed by atoms with van der Waals surface area (Å²) in [6.45, 7) is 0. The fourth-order valence-corrected chi connectivity index (χ4v) is 3.08. The van der Waals surface area contributed by atoms with Gasteiger partial charge in [0.05, 0.1) is 10.6 Å². The maximum Gasteiger partial charge on any atom is 0.417 e. The second-order valence-corrected chi connectivity index (χ2v) is 6.99. The molecule has 0 unspecified atom stereocenters. The Kier molecular flexibility index (Phi) is 6.88. The lowest BCUT2D eigenvalue weighted by Crippen LogP contribution is -2.11. The van der Waals surface area contributed by atoms with E-state index in [1.807, 2.05) is 0 Å². The number of carbonyl (C=O) groups is 2. The number of hydrogen-bond donors (Lipinski definition) is 0. The molecule has 0 radical (unpaired) electrons. The summed E-state index contributed by atoms with van der Waals surface area (Å²) in [5, 5.41) is 0.370. The van der Waals surface area contributed by atoms with Crippen LogP contribution in [-0.2, 0) is 6.18 Å². The Morgan fingerprint density at radius 1 is 0.677 bits per heavy atom. The van der Waals surface area contributed by atoms with E-state index in [0.717, 1.165) is 23.8 Å². The van der Waals surface area contributed by atoms with Gasteiger partial charge in [-0.3, -0.25) is 9.59 Å². The van der Waals surface area contributed by atoms with Crippen LogP contribution in [0.4, 0.5) is 13.2 Å². The molecule has 0 aliphatic heterocycles. The van der Waals surface area contributed by atoms with Crippen LogP contribution in [0.15, 0.2) is 84.9 Å². The van der Waals surface area contributed by atoms with Crippen molar-refractivity contribution in [2.45, 2.75) is 6.18 Å². The van der Waals surface area contributed by atoms with Gasteiger partial charge in [-0.25, -0.2) is 0 Å². The monoisotopic (exact) mass is 440 g/mol. The van der Waals surface area contributed by atoms with E-state index in [-0.39, 0.29) is 5.78 Å². The van der Waals surface area contributed by atoms with Crippen LogP contribution in [0, 0.1) is 0 Å². The highest BCUT2D eigenvalue weighted by Gasteiger charge is 2.34. The molecule has 0 saturated heterocycles. The Balaban J connectivity index is 1.70.